The maximum Gasteiger partial charge on any atom is 0.460 e. The van der Waals surface area contributed by atoms with Crippen LogP contribution in [-0.2, 0) is 4.74 Å². The van der Waals surface area contributed by atoms with Gasteiger partial charge in [0.1, 0.15) is 0 Å². The molecule has 168 valence electrons. The van der Waals surface area contributed by atoms with E-state index in [4.69, 9.17) is 0 Å². The van der Waals surface area contributed by atoms with Crippen LogP contribution in [0.3, 0.4) is 0 Å². The van der Waals surface area contributed by atoms with Crippen LogP contribution in [0.5, 0.6) is 0 Å². The van der Waals surface area contributed by atoms with E-state index >= 15 is 0 Å². The Morgan fingerprint density at radius 3 is 1.04 bits per heavy atom. The van der Waals surface area contributed by atoms with Crippen LogP contribution in [0.15, 0.2) is 11.3 Å². The smallest absolute Gasteiger partial charge is 0.460 e. The minimum atomic E-state index is -7.88. The quantitative estimate of drug-likeness (QED) is 0.362. The lowest BCUT2D eigenvalue weighted by atomic mass is 9.91. The van der Waals surface area contributed by atoms with Crippen molar-refractivity contribution in [3.8, 4) is 0 Å². The van der Waals surface area contributed by atoms with E-state index in [0.717, 1.165) is 0 Å². The van der Waals surface area contributed by atoms with Gasteiger partial charge in [0.25, 0.3) is 0 Å². The molecule has 0 fully saturated rings. The third-order valence-electron chi connectivity index (χ3n) is 2.87. The van der Waals surface area contributed by atoms with E-state index in [-0.39, 0.29) is 0 Å². The zero-order chi connectivity index (χ0) is 23.4. The van der Waals surface area contributed by atoms with Crippen molar-refractivity contribution in [2.45, 2.75) is 42.2 Å². The van der Waals surface area contributed by atoms with E-state index in [9.17, 15) is 74.6 Å². The highest BCUT2D eigenvalue weighted by Crippen LogP contribution is 2.59. The molecule has 0 aromatic heterocycles. The van der Waals surface area contributed by atoms with Crippen LogP contribution >= 0.6 is 0 Å². The molecule has 0 aliphatic heterocycles. The van der Waals surface area contributed by atoms with Gasteiger partial charge in [0, 0.05) is 0 Å². The van der Waals surface area contributed by atoms with Crippen molar-refractivity contribution in [2.24, 2.45) is 0 Å². The first kappa shape index (κ1) is 26.3. The zero-order valence-corrected chi connectivity index (χ0v) is 12.3. The Kier molecular flexibility index (Phi) is 6.31. The summed E-state index contributed by atoms with van der Waals surface area (Å²) in [5.74, 6) is -20.3. The molecule has 0 radical (unpaired) electrons. The molecule has 0 rings (SSSR count). The number of methoxy groups -OCH3 is 1. The Balaban J connectivity index is 7.58. The standard InChI is InChI=1S/C10H3F17O/c1-28-3(4(11,8(19,20)21)9(22,23)24)2(6(14,15)16)5(12,13)7(17,18)10(25,26)27/h1H3. The Morgan fingerprint density at radius 2 is 0.857 bits per heavy atom. The molecule has 0 aromatic rings. The van der Waals surface area contributed by atoms with Gasteiger partial charge in [-0.2, -0.15) is 70.2 Å². The summed E-state index contributed by atoms with van der Waals surface area (Å²) < 4.78 is 218. The fourth-order valence-corrected chi connectivity index (χ4v) is 1.62. The molecule has 0 amide bonds. The molecule has 0 aliphatic rings. The van der Waals surface area contributed by atoms with Crippen molar-refractivity contribution in [3.63, 3.8) is 0 Å². The number of allylic oxidation sites excluding steroid dienone is 2. The van der Waals surface area contributed by atoms with Gasteiger partial charge in [-0.25, -0.2) is 4.39 Å². The highest BCUT2D eigenvalue weighted by molar-refractivity contribution is 5.34. The molecule has 28 heavy (non-hydrogen) atoms. The third-order valence-corrected chi connectivity index (χ3v) is 2.87. The Hall–Kier alpha value is -1.65. The van der Waals surface area contributed by atoms with Gasteiger partial charge in [-0.1, -0.05) is 0 Å². The van der Waals surface area contributed by atoms with Crippen LogP contribution in [0.2, 0.25) is 0 Å². The Morgan fingerprint density at radius 1 is 0.536 bits per heavy atom. The topological polar surface area (TPSA) is 9.23 Å². The predicted octanol–water partition coefficient (Wildman–Crippen LogP) is 6.12. The first-order valence-electron chi connectivity index (χ1n) is 5.83. The van der Waals surface area contributed by atoms with Gasteiger partial charge in [0.2, 0.25) is 0 Å². The SMILES string of the molecule is COC(=C(C(F)(F)F)C(F)(F)C(F)(F)C(F)(F)F)C(F)(C(F)(F)F)C(F)(F)F. The van der Waals surface area contributed by atoms with E-state index in [2.05, 4.69) is 4.74 Å². The number of ether oxygens (including phenoxy) is 1. The second-order valence-corrected chi connectivity index (χ2v) is 4.71. The van der Waals surface area contributed by atoms with Gasteiger partial charge in [0.05, 0.1) is 7.11 Å². The molecule has 0 saturated heterocycles. The third kappa shape index (κ3) is 3.90. The van der Waals surface area contributed by atoms with Gasteiger partial charge >= 0.3 is 42.2 Å². The molecule has 1 nitrogen and oxygen atoms in total. The molecule has 0 saturated carbocycles. The average Bonchev–Trinajstić information content (AvgIpc) is 2.37. The lowest BCUT2D eigenvalue weighted by Crippen LogP contribution is -2.60. The van der Waals surface area contributed by atoms with Crippen molar-refractivity contribution < 1.29 is 79.4 Å². The Bertz CT molecular complexity index is 583. The van der Waals surface area contributed by atoms with Crippen molar-refractivity contribution >= 4 is 0 Å². The summed E-state index contributed by atoms with van der Waals surface area (Å²) in [5.41, 5.74) is -12.7. The number of hydrogen-bond donors (Lipinski definition) is 0. The molecule has 0 heterocycles. The number of halogens is 17. The van der Waals surface area contributed by atoms with E-state index in [1.54, 1.807) is 0 Å². The largest absolute Gasteiger partial charge is 0.496 e. The second kappa shape index (κ2) is 6.70. The summed E-state index contributed by atoms with van der Waals surface area (Å²) in [6, 6.07) is 0. The van der Waals surface area contributed by atoms with Crippen LogP contribution in [0, 0.1) is 0 Å². The van der Waals surface area contributed by atoms with Crippen LogP contribution in [0.4, 0.5) is 74.6 Å². The molecular formula is C10H3F17O. The number of hydrogen-bond acceptors (Lipinski definition) is 1. The summed E-state index contributed by atoms with van der Waals surface area (Å²) in [4.78, 5) is 0. The molecule has 0 spiro atoms. The van der Waals surface area contributed by atoms with Crippen molar-refractivity contribution in [2.75, 3.05) is 7.11 Å². The van der Waals surface area contributed by atoms with E-state index < -0.39 is 60.7 Å². The highest BCUT2D eigenvalue weighted by Gasteiger charge is 2.82. The first-order chi connectivity index (χ1) is 11.8. The van der Waals surface area contributed by atoms with E-state index in [0.29, 0.717) is 0 Å². The van der Waals surface area contributed by atoms with Gasteiger partial charge in [-0.3, -0.25) is 0 Å². The van der Waals surface area contributed by atoms with E-state index in [1.165, 1.54) is 0 Å². The normalized spacial score (nSPS) is 16.8. The molecule has 18 heteroatoms. The molecular weight excluding hydrogens is 459 g/mol. The zero-order valence-electron chi connectivity index (χ0n) is 12.3. The lowest BCUT2D eigenvalue weighted by molar-refractivity contribution is -0.356. The van der Waals surface area contributed by atoms with Crippen molar-refractivity contribution in [1.29, 1.82) is 0 Å². The molecule has 0 aromatic carbocycles. The lowest BCUT2D eigenvalue weighted by Gasteiger charge is -2.36. The number of alkyl halides is 17. The average molecular weight is 462 g/mol. The fourth-order valence-electron chi connectivity index (χ4n) is 1.62. The maximum atomic E-state index is 13.7. The van der Waals surface area contributed by atoms with Gasteiger partial charge < -0.3 is 4.74 Å². The molecule has 0 bridgehead atoms. The molecule has 0 atom stereocenters. The van der Waals surface area contributed by atoms with Crippen molar-refractivity contribution in [3.05, 3.63) is 11.3 Å². The summed E-state index contributed by atoms with van der Waals surface area (Å²) in [5, 5.41) is 0. The summed E-state index contributed by atoms with van der Waals surface area (Å²) in [7, 11) is -0.714. The predicted molar refractivity (Wildman–Crippen MR) is 52.0 cm³/mol. The number of rotatable bonds is 4. The maximum absolute atomic E-state index is 13.7. The minimum Gasteiger partial charge on any atom is -0.496 e. The molecule has 0 unspecified atom stereocenters. The van der Waals surface area contributed by atoms with Crippen LogP contribution in [-0.4, -0.2) is 49.3 Å². The molecule has 0 aliphatic carbocycles. The Labute approximate surface area is 141 Å². The first-order valence-corrected chi connectivity index (χ1v) is 5.83. The van der Waals surface area contributed by atoms with Crippen LogP contribution < -0.4 is 0 Å². The monoisotopic (exact) mass is 462 g/mol. The van der Waals surface area contributed by atoms with Gasteiger partial charge in [-0.15, -0.1) is 0 Å². The highest BCUT2D eigenvalue weighted by atomic mass is 19.4. The van der Waals surface area contributed by atoms with Crippen molar-refractivity contribution in [1.82, 2.24) is 0 Å². The summed E-state index contributed by atoms with van der Waals surface area (Å²) >= 11 is 0. The minimum absolute atomic E-state index is 0.714. The van der Waals surface area contributed by atoms with Crippen LogP contribution in [0.1, 0.15) is 0 Å². The van der Waals surface area contributed by atoms with Gasteiger partial charge in [0.15, 0.2) is 11.3 Å². The van der Waals surface area contributed by atoms with Gasteiger partial charge in [-0.05, 0) is 0 Å². The van der Waals surface area contributed by atoms with E-state index in [1.807, 2.05) is 0 Å². The van der Waals surface area contributed by atoms with Crippen LogP contribution in [0.25, 0.3) is 0 Å². The summed E-state index contributed by atoms with van der Waals surface area (Å²) in [6.45, 7) is 0. The fraction of sp³-hybridized carbons (Fsp3) is 0.800. The second-order valence-electron chi connectivity index (χ2n) is 4.71. The molecule has 0 N–H and O–H groups in total. The summed E-state index contributed by atoms with van der Waals surface area (Å²) in [6.07, 6.45) is -30.3.